The van der Waals surface area contributed by atoms with Crippen LogP contribution in [0.25, 0.3) is 11.3 Å². The summed E-state index contributed by atoms with van der Waals surface area (Å²) in [5.41, 5.74) is 1.02. The fourth-order valence-corrected chi connectivity index (χ4v) is 4.21. The van der Waals surface area contributed by atoms with Gasteiger partial charge < -0.3 is 14.5 Å². The average Bonchev–Trinajstić information content (AvgIpc) is 2.91. The van der Waals surface area contributed by atoms with Gasteiger partial charge in [-0.25, -0.2) is 4.98 Å². The Balaban J connectivity index is 1.99. The van der Waals surface area contributed by atoms with Gasteiger partial charge in [0.15, 0.2) is 5.76 Å². The van der Waals surface area contributed by atoms with Crippen molar-refractivity contribution < 1.29 is 9.15 Å². The van der Waals surface area contributed by atoms with E-state index in [0.29, 0.717) is 19.0 Å². The lowest BCUT2D eigenvalue weighted by atomic mass is 10.3. The van der Waals surface area contributed by atoms with Crippen LogP contribution in [-0.4, -0.2) is 25.2 Å². The second-order valence-electron chi connectivity index (χ2n) is 3.53. The van der Waals surface area contributed by atoms with Crippen LogP contribution in [-0.2, 0) is 11.3 Å². The van der Waals surface area contributed by atoms with E-state index >= 15 is 0 Å². The van der Waals surface area contributed by atoms with Crippen molar-refractivity contribution in [2.45, 2.75) is 6.54 Å². The van der Waals surface area contributed by atoms with Gasteiger partial charge in [0.1, 0.15) is 0 Å². The van der Waals surface area contributed by atoms with E-state index in [1.807, 2.05) is 6.07 Å². The smallest absolute Gasteiger partial charge is 0.208 e. The standard InChI is InChI=1S/C11H12Br2N2O2S/c1-16-3-2-14-6-10-15-5-8(17-10)7-4-9(12)18-11(7)13/h4-5,14H,2-3,6H2,1H3. The summed E-state index contributed by atoms with van der Waals surface area (Å²) in [5.74, 6) is 1.45. The Labute approximate surface area is 126 Å². The molecule has 0 bridgehead atoms. The van der Waals surface area contributed by atoms with E-state index in [0.717, 1.165) is 25.4 Å². The minimum Gasteiger partial charge on any atom is -0.439 e. The van der Waals surface area contributed by atoms with Gasteiger partial charge in [0.05, 0.1) is 26.9 Å². The number of hydrogen-bond donors (Lipinski definition) is 1. The molecule has 1 N–H and O–H groups in total. The quantitative estimate of drug-likeness (QED) is 0.758. The van der Waals surface area contributed by atoms with Gasteiger partial charge >= 0.3 is 0 Å². The van der Waals surface area contributed by atoms with Crippen LogP contribution in [0, 0.1) is 0 Å². The first-order valence-electron chi connectivity index (χ1n) is 5.30. The molecule has 2 aromatic heterocycles. The molecule has 0 aliphatic rings. The fraction of sp³-hybridized carbons (Fsp3) is 0.364. The Morgan fingerprint density at radius 1 is 1.50 bits per heavy atom. The van der Waals surface area contributed by atoms with Gasteiger partial charge in [-0.05, 0) is 37.9 Å². The van der Waals surface area contributed by atoms with Crippen molar-refractivity contribution in [3.63, 3.8) is 0 Å². The number of oxazole rings is 1. The molecule has 0 amide bonds. The van der Waals surface area contributed by atoms with Crippen molar-refractivity contribution in [3.05, 3.63) is 25.7 Å². The van der Waals surface area contributed by atoms with Crippen molar-refractivity contribution >= 4 is 43.2 Å². The van der Waals surface area contributed by atoms with Gasteiger partial charge in [-0.3, -0.25) is 0 Å². The molecule has 0 aliphatic heterocycles. The molecule has 0 unspecified atom stereocenters. The van der Waals surface area contributed by atoms with Crippen LogP contribution in [0.15, 0.2) is 24.3 Å². The van der Waals surface area contributed by atoms with E-state index < -0.39 is 0 Å². The van der Waals surface area contributed by atoms with Gasteiger partial charge in [-0.2, -0.15) is 0 Å². The molecule has 0 spiro atoms. The molecule has 7 heteroatoms. The Morgan fingerprint density at radius 3 is 3.00 bits per heavy atom. The number of ether oxygens (including phenoxy) is 1. The summed E-state index contributed by atoms with van der Waals surface area (Å²) in [4.78, 5) is 4.24. The summed E-state index contributed by atoms with van der Waals surface area (Å²) in [7, 11) is 1.68. The maximum absolute atomic E-state index is 5.69. The van der Waals surface area contributed by atoms with Crippen LogP contribution in [0.5, 0.6) is 0 Å². The first-order chi connectivity index (χ1) is 8.70. The largest absolute Gasteiger partial charge is 0.439 e. The third kappa shape index (κ3) is 3.64. The molecule has 18 heavy (non-hydrogen) atoms. The minimum absolute atomic E-state index is 0.603. The summed E-state index contributed by atoms with van der Waals surface area (Å²) >= 11 is 8.56. The van der Waals surface area contributed by atoms with Crippen LogP contribution in [0.3, 0.4) is 0 Å². The highest BCUT2D eigenvalue weighted by Crippen LogP contribution is 2.38. The molecule has 98 valence electrons. The maximum Gasteiger partial charge on any atom is 0.208 e. The molecule has 4 nitrogen and oxygen atoms in total. The third-order valence-corrected chi connectivity index (χ3v) is 4.57. The lowest BCUT2D eigenvalue weighted by molar-refractivity contribution is 0.198. The normalized spacial score (nSPS) is 11.1. The van der Waals surface area contributed by atoms with Crippen LogP contribution in [0.2, 0.25) is 0 Å². The third-order valence-electron chi connectivity index (χ3n) is 2.23. The molecular formula is C11H12Br2N2O2S. The molecular weight excluding hydrogens is 384 g/mol. The molecule has 0 aliphatic carbocycles. The number of nitrogens with one attached hydrogen (secondary N) is 1. The summed E-state index contributed by atoms with van der Waals surface area (Å²) in [5, 5.41) is 3.19. The van der Waals surface area contributed by atoms with Crippen molar-refractivity contribution in [2.75, 3.05) is 20.3 Å². The van der Waals surface area contributed by atoms with Gasteiger partial charge in [0.25, 0.3) is 0 Å². The zero-order chi connectivity index (χ0) is 13.0. The molecule has 0 radical (unpaired) electrons. The van der Waals surface area contributed by atoms with Crippen molar-refractivity contribution in [1.29, 1.82) is 0 Å². The zero-order valence-electron chi connectivity index (χ0n) is 9.70. The Hall–Kier alpha value is -0.210. The van der Waals surface area contributed by atoms with Crippen LogP contribution in [0.1, 0.15) is 5.89 Å². The van der Waals surface area contributed by atoms with Gasteiger partial charge in [-0.15, -0.1) is 11.3 Å². The van der Waals surface area contributed by atoms with Crippen molar-refractivity contribution in [3.8, 4) is 11.3 Å². The Morgan fingerprint density at radius 2 is 2.33 bits per heavy atom. The van der Waals surface area contributed by atoms with E-state index in [9.17, 15) is 0 Å². The number of aromatic nitrogens is 1. The highest BCUT2D eigenvalue weighted by atomic mass is 79.9. The lowest BCUT2D eigenvalue weighted by Gasteiger charge is -1.99. The predicted octanol–water partition coefficient (Wildman–Crippen LogP) is 3.66. The molecule has 0 atom stereocenters. The lowest BCUT2D eigenvalue weighted by Crippen LogP contribution is -2.18. The van der Waals surface area contributed by atoms with Gasteiger partial charge in [-0.1, -0.05) is 0 Å². The first kappa shape index (κ1) is 14.2. The first-order valence-corrected chi connectivity index (χ1v) is 7.70. The minimum atomic E-state index is 0.603. The van der Waals surface area contributed by atoms with Crippen molar-refractivity contribution in [2.24, 2.45) is 0 Å². The second-order valence-corrected chi connectivity index (χ2v) is 7.28. The van der Waals surface area contributed by atoms with Gasteiger partial charge in [0.2, 0.25) is 5.89 Å². The molecule has 0 saturated carbocycles. The van der Waals surface area contributed by atoms with E-state index in [2.05, 4.69) is 42.2 Å². The van der Waals surface area contributed by atoms with Gasteiger partial charge in [0, 0.05) is 19.2 Å². The fourth-order valence-electron chi connectivity index (χ4n) is 1.39. The highest BCUT2D eigenvalue weighted by Gasteiger charge is 2.12. The number of halogens is 2. The predicted molar refractivity (Wildman–Crippen MR) is 78.8 cm³/mol. The summed E-state index contributed by atoms with van der Waals surface area (Å²) in [6.07, 6.45) is 1.74. The van der Waals surface area contributed by atoms with Crippen LogP contribution in [0.4, 0.5) is 0 Å². The number of nitrogens with zero attached hydrogens (tertiary/aromatic N) is 1. The van der Waals surface area contributed by atoms with Crippen LogP contribution < -0.4 is 5.32 Å². The molecule has 2 rings (SSSR count). The van der Waals surface area contributed by atoms with E-state index in [1.165, 1.54) is 0 Å². The van der Waals surface area contributed by atoms with Crippen molar-refractivity contribution in [1.82, 2.24) is 10.3 Å². The Kier molecular flexibility index (Phi) is 5.38. The highest BCUT2D eigenvalue weighted by molar-refractivity contribution is 9.12. The Bertz CT molecular complexity index is 513. The molecule has 0 saturated heterocycles. The molecule has 0 fully saturated rings. The van der Waals surface area contributed by atoms with E-state index in [1.54, 1.807) is 24.6 Å². The number of methoxy groups -OCH3 is 1. The zero-order valence-corrected chi connectivity index (χ0v) is 13.7. The number of hydrogen-bond acceptors (Lipinski definition) is 5. The maximum atomic E-state index is 5.69. The molecule has 2 aromatic rings. The average molecular weight is 396 g/mol. The topological polar surface area (TPSA) is 47.3 Å². The summed E-state index contributed by atoms with van der Waals surface area (Å²) in [6.45, 7) is 2.06. The summed E-state index contributed by atoms with van der Waals surface area (Å²) < 4.78 is 12.7. The second kappa shape index (κ2) is 6.81. The monoisotopic (exact) mass is 394 g/mol. The number of rotatable bonds is 6. The van der Waals surface area contributed by atoms with Crippen LogP contribution >= 0.6 is 43.2 Å². The SMILES string of the molecule is COCCNCc1ncc(-c2cc(Br)sc2Br)o1. The van der Waals surface area contributed by atoms with E-state index in [-0.39, 0.29) is 0 Å². The summed E-state index contributed by atoms with van der Waals surface area (Å²) in [6, 6.07) is 2.01. The molecule has 0 aromatic carbocycles. The number of thiophene rings is 1. The van der Waals surface area contributed by atoms with E-state index in [4.69, 9.17) is 9.15 Å². The molecule has 2 heterocycles.